The Labute approximate surface area is 203 Å². The van der Waals surface area contributed by atoms with Crippen molar-refractivity contribution in [3.63, 3.8) is 0 Å². The number of rotatable bonds is 4. The van der Waals surface area contributed by atoms with Gasteiger partial charge in [-0.2, -0.15) is 0 Å². The van der Waals surface area contributed by atoms with E-state index in [0.29, 0.717) is 6.42 Å². The number of hydrogen-bond acceptors (Lipinski definition) is 7. The van der Waals surface area contributed by atoms with Crippen molar-refractivity contribution >= 4 is 45.7 Å². The molecule has 6 nitrogen and oxygen atoms in total. The molecule has 0 aliphatic carbocycles. The topological polar surface area (TPSA) is 57.5 Å². The second-order valence-corrected chi connectivity index (χ2v) is 9.06. The van der Waals surface area contributed by atoms with E-state index in [9.17, 15) is 4.79 Å². The molecule has 0 amide bonds. The van der Waals surface area contributed by atoms with Gasteiger partial charge in [0, 0.05) is 12.0 Å². The Bertz CT molecular complexity index is 1270. The molecular formula is C27H26N4O2S. The average Bonchev–Trinajstić information content (AvgIpc) is 3.12. The first-order valence-electron chi connectivity index (χ1n) is 11.3. The molecular weight excluding hydrogens is 444 g/mol. The molecule has 2 aliphatic heterocycles. The van der Waals surface area contributed by atoms with Crippen molar-refractivity contribution in [1.29, 1.82) is 0 Å². The summed E-state index contributed by atoms with van der Waals surface area (Å²) in [6.07, 6.45) is 2.57. The molecule has 3 aromatic rings. The van der Waals surface area contributed by atoms with Crippen LogP contribution in [-0.2, 0) is 15.2 Å². The van der Waals surface area contributed by atoms with Gasteiger partial charge in [-0.3, -0.25) is 4.90 Å². The van der Waals surface area contributed by atoms with Crippen molar-refractivity contribution in [2.75, 3.05) is 22.8 Å². The SMILES string of the molecule is CCOC(=O)C1=NN(c2ccc(C)cc2)C2(c3ccccc3)CC(SC)=Nc3ccccc3N12. The van der Waals surface area contributed by atoms with Crippen LogP contribution in [0.25, 0.3) is 0 Å². The van der Waals surface area contributed by atoms with Gasteiger partial charge in [-0.25, -0.2) is 14.8 Å². The third-order valence-electron chi connectivity index (χ3n) is 6.10. The van der Waals surface area contributed by atoms with Gasteiger partial charge in [-0.05, 0) is 44.4 Å². The predicted molar refractivity (Wildman–Crippen MR) is 140 cm³/mol. The highest BCUT2D eigenvalue weighted by Crippen LogP contribution is 2.51. The van der Waals surface area contributed by atoms with Crippen LogP contribution in [0, 0.1) is 6.92 Å². The standard InChI is InChI=1S/C27H26N4O2S/c1-4-33-26(32)25-29-31(21-16-14-19(2)15-17-21)27(20-10-6-5-7-11-20)18-24(34-3)28-22-12-8-9-13-23(22)30(25)27/h5-17H,4,18H2,1-3H3. The number of amidine groups is 1. The van der Waals surface area contributed by atoms with Gasteiger partial charge in [0.05, 0.1) is 28.7 Å². The van der Waals surface area contributed by atoms with Crippen LogP contribution < -0.4 is 9.91 Å². The van der Waals surface area contributed by atoms with E-state index in [2.05, 4.69) is 31.2 Å². The van der Waals surface area contributed by atoms with Crippen molar-refractivity contribution < 1.29 is 9.53 Å². The van der Waals surface area contributed by atoms with Gasteiger partial charge in [-0.15, -0.1) is 16.9 Å². The van der Waals surface area contributed by atoms with Crippen LogP contribution in [0.15, 0.2) is 89.0 Å². The largest absolute Gasteiger partial charge is 0.460 e. The molecule has 0 saturated heterocycles. The summed E-state index contributed by atoms with van der Waals surface area (Å²) in [5, 5.41) is 7.86. The van der Waals surface area contributed by atoms with E-state index in [4.69, 9.17) is 14.8 Å². The highest BCUT2D eigenvalue weighted by atomic mass is 32.2. The second kappa shape index (κ2) is 8.99. The molecule has 3 aromatic carbocycles. The Morgan fingerprint density at radius 1 is 1.03 bits per heavy atom. The molecule has 0 spiro atoms. The van der Waals surface area contributed by atoms with Crippen LogP contribution >= 0.6 is 11.8 Å². The quantitative estimate of drug-likeness (QED) is 0.448. The molecule has 1 atom stereocenters. The minimum atomic E-state index is -0.840. The van der Waals surface area contributed by atoms with Crippen molar-refractivity contribution in [2.45, 2.75) is 25.9 Å². The first-order chi connectivity index (χ1) is 16.6. The van der Waals surface area contributed by atoms with Crippen LogP contribution in [-0.4, -0.2) is 29.7 Å². The number of benzene rings is 3. The number of carbonyl (C=O) groups is 1. The zero-order valence-corrected chi connectivity index (χ0v) is 20.2. The molecule has 7 heteroatoms. The number of hydrogen-bond donors (Lipinski definition) is 0. The van der Waals surface area contributed by atoms with E-state index in [1.807, 2.05) is 70.8 Å². The number of thioether (sulfide) groups is 1. The van der Waals surface area contributed by atoms with E-state index < -0.39 is 11.6 Å². The maximum absolute atomic E-state index is 13.3. The smallest absolute Gasteiger partial charge is 0.376 e. The number of aliphatic imine (C=N–C) groups is 1. The number of hydrazone groups is 1. The predicted octanol–water partition coefficient (Wildman–Crippen LogP) is 5.85. The minimum Gasteiger partial charge on any atom is -0.460 e. The number of esters is 1. The normalized spacial score (nSPS) is 19.0. The van der Waals surface area contributed by atoms with E-state index in [1.165, 1.54) is 0 Å². The molecule has 1 unspecified atom stereocenters. The van der Waals surface area contributed by atoms with Crippen molar-refractivity contribution in [3.8, 4) is 0 Å². The van der Waals surface area contributed by atoms with Crippen LogP contribution in [0.3, 0.4) is 0 Å². The maximum atomic E-state index is 13.3. The van der Waals surface area contributed by atoms with Crippen molar-refractivity contribution in [3.05, 3.63) is 90.0 Å². The van der Waals surface area contributed by atoms with E-state index in [1.54, 1.807) is 18.7 Å². The van der Waals surface area contributed by atoms with Crippen LogP contribution in [0.4, 0.5) is 17.1 Å². The lowest BCUT2D eigenvalue weighted by atomic mass is 9.92. The Morgan fingerprint density at radius 2 is 1.74 bits per heavy atom. The number of fused-ring (bicyclic) bond motifs is 3. The van der Waals surface area contributed by atoms with E-state index >= 15 is 0 Å². The van der Waals surface area contributed by atoms with Gasteiger partial charge in [0.1, 0.15) is 0 Å². The Kier molecular flexibility index (Phi) is 5.87. The number of nitrogens with zero attached hydrogens (tertiary/aromatic N) is 4. The van der Waals surface area contributed by atoms with Crippen molar-refractivity contribution in [1.82, 2.24) is 0 Å². The van der Waals surface area contributed by atoms with E-state index in [0.717, 1.165) is 33.2 Å². The molecule has 34 heavy (non-hydrogen) atoms. The molecule has 0 radical (unpaired) electrons. The lowest BCUT2D eigenvalue weighted by molar-refractivity contribution is -0.135. The van der Waals surface area contributed by atoms with Crippen LogP contribution in [0.2, 0.25) is 0 Å². The molecule has 172 valence electrons. The average molecular weight is 471 g/mol. The number of aryl methyl sites for hydroxylation is 1. The van der Waals surface area contributed by atoms with Gasteiger partial charge in [0.15, 0.2) is 5.66 Å². The molecule has 0 bridgehead atoms. The van der Waals surface area contributed by atoms with Gasteiger partial charge >= 0.3 is 5.97 Å². The summed E-state index contributed by atoms with van der Waals surface area (Å²) in [7, 11) is 0. The third kappa shape index (κ3) is 3.56. The number of para-hydroxylation sites is 2. The second-order valence-electron chi connectivity index (χ2n) is 8.18. The highest BCUT2D eigenvalue weighted by molar-refractivity contribution is 8.13. The lowest BCUT2D eigenvalue weighted by Gasteiger charge is -2.44. The van der Waals surface area contributed by atoms with Crippen LogP contribution in [0.5, 0.6) is 0 Å². The first kappa shape index (κ1) is 22.2. The summed E-state index contributed by atoms with van der Waals surface area (Å²) in [5.41, 5.74) is 3.83. The molecule has 0 fully saturated rings. The molecule has 0 N–H and O–H groups in total. The van der Waals surface area contributed by atoms with Gasteiger partial charge in [0.25, 0.3) is 0 Å². The molecule has 0 saturated carbocycles. The summed E-state index contributed by atoms with van der Waals surface area (Å²) in [4.78, 5) is 20.3. The maximum Gasteiger partial charge on any atom is 0.376 e. The summed E-state index contributed by atoms with van der Waals surface area (Å²) < 4.78 is 5.49. The van der Waals surface area contributed by atoms with Crippen LogP contribution in [0.1, 0.15) is 24.5 Å². The zero-order valence-electron chi connectivity index (χ0n) is 19.4. The third-order valence-corrected chi connectivity index (χ3v) is 6.81. The van der Waals surface area contributed by atoms with E-state index in [-0.39, 0.29) is 12.4 Å². The zero-order chi connectivity index (χ0) is 23.7. The number of anilines is 2. The lowest BCUT2D eigenvalue weighted by Crippen LogP contribution is -2.55. The van der Waals surface area contributed by atoms with Gasteiger partial charge < -0.3 is 4.74 Å². The number of carbonyl (C=O) groups excluding carboxylic acids is 1. The Morgan fingerprint density at radius 3 is 2.44 bits per heavy atom. The molecule has 5 rings (SSSR count). The van der Waals surface area contributed by atoms with Gasteiger partial charge in [-0.1, -0.05) is 60.2 Å². The van der Waals surface area contributed by atoms with Gasteiger partial charge in [0.2, 0.25) is 5.84 Å². The fourth-order valence-corrected chi connectivity index (χ4v) is 5.09. The van der Waals surface area contributed by atoms with Crippen molar-refractivity contribution in [2.24, 2.45) is 10.1 Å². The molecule has 2 heterocycles. The Balaban J connectivity index is 1.84. The fraction of sp³-hybridized carbons (Fsp3) is 0.222. The summed E-state index contributed by atoms with van der Waals surface area (Å²) in [5.74, 6) is -0.212. The highest BCUT2D eigenvalue weighted by Gasteiger charge is 2.55. The number of ether oxygens (including phenoxy) is 1. The molecule has 0 aromatic heterocycles. The summed E-state index contributed by atoms with van der Waals surface area (Å²) in [6, 6.07) is 26.3. The fourth-order valence-electron chi connectivity index (χ4n) is 4.55. The molecule has 2 aliphatic rings. The summed E-state index contributed by atoms with van der Waals surface area (Å²) >= 11 is 1.61. The first-order valence-corrected chi connectivity index (χ1v) is 12.5. The monoisotopic (exact) mass is 470 g/mol. The Hall–Kier alpha value is -3.58. The summed E-state index contributed by atoms with van der Waals surface area (Å²) in [6.45, 7) is 4.13. The minimum absolute atomic E-state index is 0.247.